The molecule has 1 rings (SSSR count). The summed E-state index contributed by atoms with van der Waals surface area (Å²) in [4.78, 5) is 0. The number of hydrogen-bond donors (Lipinski definition) is 1. The van der Waals surface area contributed by atoms with Crippen LogP contribution in [0.5, 0.6) is 0 Å². The number of benzene rings is 1. The Morgan fingerprint density at radius 2 is 1.84 bits per heavy atom. The van der Waals surface area contributed by atoms with E-state index in [-0.39, 0.29) is 10.6 Å². The van der Waals surface area contributed by atoms with Gasteiger partial charge in [-0.3, -0.25) is 0 Å². The molecule has 0 amide bonds. The third-order valence-electron chi connectivity index (χ3n) is 2.54. The molecule has 0 aliphatic rings. The maximum absolute atomic E-state index is 12.5. The van der Waals surface area contributed by atoms with Gasteiger partial charge in [0.1, 0.15) is 0 Å². The average Bonchev–Trinajstić information content (AvgIpc) is 2.27. The van der Waals surface area contributed by atoms with Crippen LogP contribution in [0.15, 0.2) is 24.3 Å². The lowest BCUT2D eigenvalue weighted by Gasteiger charge is -2.18. The van der Waals surface area contributed by atoms with Crippen molar-refractivity contribution in [3.05, 3.63) is 34.9 Å². The molecule has 8 heteroatoms. The Hall–Kier alpha value is -0.790. The first kappa shape index (κ1) is 16.3. The van der Waals surface area contributed by atoms with Gasteiger partial charge in [-0.1, -0.05) is 29.8 Å². The molecule has 0 aliphatic carbocycles. The lowest BCUT2D eigenvalue weighted by molar-refractivity contribution is -0.165. The maximum Gasteiger partial charge on any atom is 0.393 e. The number of alkyl halides is 3. The van der Waals surface area contributed by atoms with Crippen LogP contribution in [0.1, 0.15) is 5.56 Å². The zero-order valence-corrected chi connectivity index (χ0v) is 11.4. The smallest absolute Gasteiger partial charge is 0.330 e. The van der Waals surface area contributed by atoms with Crippen molar-refractivity contribution >= 4 is 21.4 Å². The van der Waals surface area contributed by atoms with Gasteiger partial charge < -0.3 is 5.73 Å². The summed E-state index contributed by atoms with van der Waals surface area (Å²) >= 11 is 5.78. The van der Waals surface area contributed by atoms with Crippen molar-refractivity contribution in [2.24, 2.45) is 11.7 Å². The Bertz CT molecular complexity index is 531. The molecule has 0 heterocycles. The van der Waals surface area contributed by atoms with Gasteiger partial charge in [-0.2, -0.15) is 13.2 Å². The highest BCUT2D eigenvalue weighted by Gasteiger charge is 2.41. The standard InChI is InChI=1S/C11H13ClF3NO2S/c12-10-4-2-1-3-8(10)6-19(17,18)7-9(5-16)11(13,14)15/h1-4,9H,5-7,16H2. The summed E-state index contributed by atoms with van der Waals surface area (Å²) in [5, 5.41) is 0.211. The Morgan fingerprint density at radius 3 is 2.32 bits per heavy atom. The highest BCUT2D eigenvalue weighted by molar-refractivity contribution is 7.90. The number of nitrogens with two attached hydrogens (primary N) is 1. The van der Waals surface area contributed by atoms with Crippen LogP contribution >= 0.6 is 11.6 Å². The van der Waals surface area contributed by atoms with Crippen LogP contribution in [0.25, 0.3) is 0 Å². The van der Waals surface area contributed by atoms with Gasteiger partial charge in [-0.25, -0.2) is 8.42 Å². The predicted molar refractivity (Wildman–Crippen MR) is 67.5 cm³/mol. The van der Waals surface area contributed by atoms with Crippen molar-refractivity contribution in [3.8, 4) is 0 Å². The van der Waals surface area contributed by atoms with Crippen molar-refractivity contribution in [3.63, 3.8) is 0 Å². The quantitative estimate of drug-likeness (QED) is 0.907. The third-order valence-corrected chi connectivity index (χ3v) is 4.57. The minimum atomic E-state index is -4.62. The topological polar surface area (TPSA) is 60.2 Å². The molecule has 2 N–H and O–H groups in total. The van der Waals surface area contributed by atoms with Crippen LogP contribution in [0, 0.1) is 5.92 Å². The molecule has 108 valence electrons. The van der Waals surface area contributed by atoms with Gasteiger partial charge in [0.05, 0.1) is 17.4 Å². The van der Waals surface area contributed by atoms with E-state index < -0.39 is 40.0 Å². The highest BCUT2D eigenvalue weighted by Crippen LogP contribution is 2.28. The van der Waals surface area contributed by atoms with Crippen molar-refractivity contribution in [2.75, 3.05) is 12.3 Å². The minimum Gasteiger partial charge on any atom is -0.330 e. The van der Waals surface area contributed by atoms with Gasteiger partial charge in [-0.15, -0.1) is 0 Å². The number of sulfone groups is 1. The average molecular weight is 316 g/mol. The lowest BCUT2D eigenvalue weighted by Crippen LogP contribution is -2.36. The molecule has 0 fully saturated rings. The molecule has 1 aromatic carbocycles. The second kappa shape index (κ2) is 6.11. The monoisotopic (exact) mass is 315 g/mol. The first-order valence-corrected chi connectivity index (χ1v) is 7.56. The Balaban J connectivity index is 2.86. The number of rotatable bonds is 5. The number of hydrogen-bond acceptors (Lipinski definition) is 3. The summed E-state index contributed by atoms with van der Waals surface area (Å²) in [7, 11) is -3.94. The Labute approximate surface area is 114 Å². The third kappa shape index (κ3) is 5.00. The van der Waals surface area contributed by atoms with Crippen LogP contribution in [-0.2, 0) is 15.6 Å². The SMILES string of the molecule is NCC(CS(=O)(=O)Cc1ccccc1Cl)C(F)(F)F. The molecule has 19 heavy (non-hydrogen) atoms. The molecule has 0 saturated heterocycles. The Kier molecular flexibility index (Phi) is 5.23. The maximum atomic E-state index is 12.5. The van der Waals surface area contributed by atoms with E-state index >= 15 is 0 Å². The van der Waals surface area contributed by atoms with Gasteiger partial charge in [0.15, 0.2) is 9.84 Å². The van der Waals surface area contributed by atoms with Crippen LogP contribution in [-0.4, -0.2) is 26.9 Å². The van der Waals surface area contributed by atoms with Gasteiger partial charge in [-0.05, 0) is 11.6 Å². The second-order valence-electron chi connectivity index (χ2n) is 4.12. The number of halogens is 4. The van der Waals surface area contributed by atoms with E-state index in [1.807, 2.05) is 0 Å². The fraction of sp³-hybridized carbons (Fsp3) is 0.455. The van der Waals surface area contributed by atoms with Gasteiger partial charge in [0.25, 0.3) is 0 Å². The minimum absolute atomic E-state index is 0.211. The normalized spacial score (nSPS) is 14.4. The van der Waals surface area contributed by atoms with Gasteiger partial charge >= 0.3 is 6.18 Å². The van der Waals surface area contributed by atoms with Gasteiger partial charge in [0, 0.05) is 11.6 Å². The van der Waals surface area contributed by atoms with Crippen molar-refractivity contribution < 1.29 is 21.6 Å². The molecule has 1 aromatic rings. The summed E-state index contributed by atoms with van der Waals surface area (Å²) in [5.41, 5.74) is 5.26. The molecule has 0 spiro atoms. The summed E-state index contributed by atoms with van der Waals surface area (Å²) in [6.45, 7) is -0.759. The lowest BCUT2D eigenvalue weighted by atomic mass is 10.2. The fourth-order valence-electron chi connectivity index (χ4n) is 1.51. The molecule has 0 aromatic heterocycles. The van der Waals surface area contributed by atoms with Crippen LogP contribution in [0.2, 0.25) is 5.02 Å². The molecule has 0 aliphatic heterocycles. The first-order chi connectivity index (χ1) is 8.65. The summed E-state index contributed by atoms with van der Waals surface area (Å²) in [6, 6.07) is 6.12. The van der Waals surface area contributed by atoms with E-state index in [9.17, 15) is 21.6 Å². The van der Waals surface area contributed by atoms with Crippen LogP contribution in [0.3, 0.4) is 0 Å². The largest absolute Gasteiger partial charge is 0.393 e. The van der Waals surface area contributed by atoms with E-state index in [2.05, 4.69) is 0 Å². The van der Waals surface area contributed by atoms with E-state index in [0.717, 1.165) is 0 Å². The van der Waals surface area contributed by atoms with Crippen molar-refractivity contribution in [2.45, 2.75) is 11.9 Å². The van der Waals surface area contributed by atoms with Crippen LogP contribution < -0.4 is 5.73 Å². The zero-order valence-electron chi connectivity index (χ0n) is 9.82. The molecule has 1 atom stereocenters. The Morgan fingerprint density at radius 1 is 1.26 bits per heavy atom. The van der Waals surface area contributed by atoms with E-state index in [4.69, 9.17) is 17.3 Å². The first-order valence-electron chi connectivity index (χ1n) is 5.36. The van der Waals surface area contributed by atoms with Crippen molar-refractivity contribution in [1.82, 2.24) is 0 Å². The molecule has 0 saturated carbocycles. The molecule has 3 nitrogen and oxygen atoms in total. The van der Waals surface area contributed by atoms with Crippen LogP contribution in [0.4, 0.5) is 13.2 Å². The van der Waals surface area contributed by atoms with E-state index in [1.165, 1.54) is 12.1 Å². The van der Waals surface area contributed by atoms with Gasteiger partial charge in [0.2, 0.25) is 0 Å². The highest BCUT2D eigenvalue weighted by atomic mass is 35.5. The predicted octanol–water partition coefficient (Wildman–Crippen LogP) is 2.39. The van der Waals surface area contributed by atoms with Crippen molar-refractivity contribution in [1.29, 1.82) is 0 Å². The summed E-state index contributed by atoms with van der Waals surface area (Å²) in [5.74, 6) is -3.61. The molecule has 0 bridgehead atoms. The zero-order chi connectivity index (χ0) is 14.7. The summed E-state index contributed by atoms with van der Waals surface area (Å²) in [6.07, 6.45) is -4.62. The fourth-order valence-corrected chi connectivity index (χ4v) is 3.58. The van der Waals surface area contributed by atoms with E-state index in [0.29, 0.717) is 0 Å². The molecular weight excluding hydrogens is 303 g/mol. The molecule has 0 radical (unpaired) electrons. The molecular formula is C11H13ClF3NO2S. The summed E-state index contributed by atoms with van der Waals surface area (Å²) < 4.78 is 61.0. The second-order valence-corrected chi connectivity index (χ2v) is 6.64. The molecule has 1 unspecified atom stereocenters. The van der Waals surface area contributed by atoms with E-state index in [1.54, 1.807) is 12.1 Å².